The summed E-state index contributed by atoms with van der Waals surface area (Å²) < 4.78 is 21.8. The Morgan fingerprint density at radius 3 is 2.25 bits per heavy atom. The van der Waals surface area contributed by atoms with Crippen LogP contribution in [-0.4, -0.2) is 51.8 Å². The van der Waals surface area contributed by atoms with Gasteiger partial charge < -0.3 is 15.5 Å². The molecule has 2 aromatic carbocycles. The Hall–Kier alpha value is -2.05. The van der Waals surface area contributed by atoms with Crippen molar-refractivity contribution in [1.82, 2.24) is 4.90 Å². The van der Waals surface area contributed by atoms with Gasteiger partial charge in [0.15, 0.2) is 9.84 Å². The van der Waals surface area contributed by atoms with E-state index in [4.69, 9.17) is 5.73 Å². The van der Waals surface area contributed by atoms with E-state index < -0.39 is 9.84 Å². The smallest absolute Gasteiger partial charge is 0.175 e. The van der Waals surface area contributed by atoms with Gasteiger partial charge in [0.05, 0.1) is 4.90 Å². The molecular formula is C22H31N3O2S. The van der Waals surface area contributed by atoms with Crippen LogP contribution in [0.4, 0.5) is 11.4 Å². The highest BCUT2D eigenvalue weighted by Gasteiger charge is 2.28. The molecule has 2 aliphatic rings. The number of para-hydroxylation sites is 1. The summed E-state index contributed by atoms with van der Waals surface area (Å²) in [7, 11) is -3.08. The minimum Gasteiger partial charge on any atom is -0.399 e. The van der Waals surface area contributed by atoms with Gasteiger partial charge in [0.25, 0.3) is 0 Å². The molecule has 0 aromatic heterocycles. The van der Waals surface area contributed by atoms with Crippen LogP contribution >= 0.6 is 0 Å². The average Bonchev–Trinajstić information content (AvgIpc) is 3.12. The second-order valence-electron chi connectivity index (χ2n) is 7.58. The number of nitrogen functional groups attached to an aromatic ring is 1. The number of piperidine rings is 1. The summed E-state index contributed by atoms with van der Waals surface area (Å²) in [5, 5.41) is 0. The Morgan fingerprint density at radius 1 is 1.00 bits per heavy atom. The monoisotopic (exact) mass is 401 g/mol. The normalized spacial score (nSPS) is 17.7. The predicted octanol–water partition coefficient (Wildman–Crippen LogP) is 3.21. The zero-order valence-electron chi connectivity index (χ0n) is 16.8. The number of nitrogens with zero attached hydrogens (tertiary/aromatic N) is 2. The second-order valence-corrected chi connectivity index (χ2v) is 9.59. The Kier molecular flexibility index (Phi) is 6.62. The fraction of sp³-hybridized carbons (Fsp3) is 0.455. The highest BCUT2D eigenvalue weighted by atomic mass is 32.2. The SMILES string of the molecule is CCN1CCC(N2CCc3ccccc32)CC1.CS(=O)(=O)c1ccc(N)cc1. The van der Waals surface area contributed by atoms with Gasteiger partial charge in [0.2, 0.25) is 0 Å². The third kappa shape index (κ3) is 5.06. The summed E-state index contributed by atoms with van der Waals surface area (Å²) in [6.45, 7) is 7.27. The van der Waals surface area contributed by atoms with Gasteiger partial charge in [-0.1, -0.05) is 25.1 Å². The molecule has 0 aliphatic carbocycles. The van der Waals surface area contributed by atoms with Gasteiger partial charge in [-0.25, -0.2) is 8.42 Å². The summed E-state index contributed by atoms with van der Waals surface area (Å²) in [6, 6.07) is 15.8. The van der Waals surface area contributed by atoms with Gasteiger partial charge in [-0.3, -0.25) is 0 Å². The lowest BCUT2D eigenvalue weighted by Gasteiger charge is -2.37. The molecule has 4 rings (SSSR count). The maximum absolute atomic E-state index is 10.9. The molecule has 0 bridgehead atoms. The van der Waals surface area contributed by atoms with Gasteiger partial charge in [-0.2, -0.15) is 0 Å². The quantitative estimate of drug-likeness (QED) is 0.800. The number of sulfone groups is 1. The van der Waals surface area contributed by atoms with Crippen LogP contribution in [-0.2, 0) is 16.3 Å². The minimum absolute atomic E-state index is 0.298. The van der Waals surface area contributed by atoms with Crippen LogP contribution in [0.3, 0.4) is 0 Å². The minimum atomic E-state index is -3.08. The number of hydrogen-bond donors (Lipinski definition) is 1. The van der Waals surface area contributed by atoms with Crippen molar-refractivity contribution in [2.45, 2.75) is 37.1 Å². The summed E-state index contributed by atoms with van der Waals surface area (Å²) in [4.78, 5) is 5.52. The van der Waals surface area contributed by atoms with Crippen LogP contribution in [0.15, 0.2) is 53.4 Å². The van der Waals surface area contributed by atoms with Crippen LogP contribution in [0.1, 0.15) is 25.3 Å². The molecule has 6 heteroatoms. The van der Waals surface area contributed by atoms with Crippen molar-refractivity contribution in [2.75, 3.05) is 43.1 Å². The van der Waals surface area contributed by atoms with Crippen molar-refractivity contribution in [3.05, 3.63) is 54.1 Å². The first-order valence-corrected chi connectivity index (χ1v) is 11.9. The molecule has 2 heterocycles. The molecule has 0 atom stereocenters. The van der Waals surface area contributed by atoms with Crippen LogP contribution in [0.25, 0.3) is 0 Å². The summed E-state index contributed by atoms with van der Waals surface area (Å²) in [6.07, 6.45) is 5.08. The second kappa shape index (κ2) is 8.97. The number of hydrogen-bond acceptors (Lipinski definition) is 5. The fourth-order valence-electron chi connectivity index (χ4n) is 4.01. The number of likely N-dealkylation sites (tertiary alicyclic amines) is 1. The van der Waals surface area contributed by atoms with Crippen LogP contribution in [0.2, 0.25) is 0 Å². The van der Waals surface area contributed by atoms with Gasteiger partial charge in [0.1, 0.15) is 0 Å². The Bertz CT molecular complexity index is 873. The average molecular weight is 402 g/mol. The highest BCUT2D eigenvalue weighted by molar-refractivity contribution is 7.90. The summed E-state index contributed by atoms with van der Waals surface area (Å²) >= 11 is 0. The van der Waals surface area contributed by atoms with Crippen molar-refractivity contribution in [3.63, 3.8) is 0 Å². The van der Waals surface area contributed by atoms with E-state index in [-0.39, 0.29) is 0 Å². The molecule has 28 heavy (non-hydrogen) atoms. The molecule has 0 radical (unpaired) electrons. The third-order valence-corrected chi connectivity index (χ3v) is 6.80. The zero-order valence-corrected chi connectivity index (χ0v) is 17.7. The third-order valence-electron chi connectivity index (χ3n) is 5.68. The van der Waals surface area contributed by atoms with E-state index in [1.807, 2.05) is 0 Å². The van der Waals surface area contributed by atoms with Crippen molar-refractivity contribution in [2.24, 2.45) is 0 Å². The van der Waals surface area contributed by atoms with Crippen LogP contribution in [0.5, 0.6) is 0 Å². The molecule has 5 nitrogen and oxygen atoms in total. The standard InChI is InChI=1S/C15H22N2.C7H9NO2S/c1-2-16-10-8-14(9-11-16)17-12-7-13-5-3-4-6-15(13)17;1-11(9,10)7-4-2-6(8)3-5-7/h3-6,14H,2,7-12H2,1H3;2-5H,8H2,1H3. The molecule has 2 N–H and O–H groups in total. The Labute approximate surface area is 169 Å². The van der Waals surface area contributed by atoms with Crippen molar-refractivity contribution < 1.29 is 8.42 Å². The number of anilines is 2. The van der Waals surface area contributed by atoms with E-state index in [1.165, 1.54) is 69.5 Å². The largest absolute Gasteiger partial charge is 0.399 e. The molecule has 0 amide bonds. The Balaban J connectivity index is 0.000000178. The number of fused-ring (bicyclic) bond motifs is 1. The van der Waals surface area contributed by atoms with Crippen molar-refractivity contribution in [1.29, 1.82) is 0 Å². The van der Waals surface area contributed by atoms with Crippen molar-refractivity contribution in [3.8, 4) is 0 Å². The maximum atomic E-state index is 10.9. The van der Waals surface area contributed by atoms with Crippen LogP contribution < -0.4 is 10.6 Å². The molecule has 1 fully saturated rings. The molecule has 0 saturated carbocycles. The van der Waals surface area contributed by atoms with Crippen LogP contribution in [0, 0.1) is 0 Å². The van der Waals surface area contributed by atoms with Crippen molar-refractivity contribution >= 4 is 21.2 Å². The first-order chi connectivity index (χ1) is 13.4. The summed E-state index contributed by atoms with van der Waals surface area (Å²) in [5.74, 6) is 0. The molecule has 0 unspecified atom stereocenters. The first kappa shape index (κ1) is 20.7. The molecule has 0 spiro atoms. The molecule has 2 aliphatic heterocycles. The lowest BCUT2D eigenvalue weighted by molar-refractivity contribution is 0.219. The van der Waals surface area contributed by atoms with E-state index in [2.05, 4.69) is 41.0 Å². The van der Waals surface area contributed by atoms with E-state index in [1.54, 1.807) is 17.7 Å². The topological polar surface area (TPSA) is 66.6 Å². The summed E-state index contributed by atoms with van der Waals surface area (Å²) in [5.41, 5.74) is 8.99. The van der Waals surface area contributed by atoms with E-state index >= 15 is 0 Å². The van der Waals surface area contributed by atoms with E-state index in [0.29, 0.717) is 10.6 Å². The lowest BCUT2D eigenvalue weighted by atomic mass is 10.0. The molecular weight excluding hydrogens is 370 g/mol. The Morgan fingerprint density at radius 2 is 1.64 bits per heavy atom. The van der Waals surface area contributed by atoms with Gasteiger partial charge in [0, 0.05) is 43.3 Å². The highest BCUT2D eigenvalue weighted by Crippen LogP contribution is 2.32. The van der Waals surface area contributed by atoms with E-state index in [0.717, 1.165) is 6.04 Å². The zero-order chi connectivity index (χ0) is 20.1. The molecule has 152 valence electrons. The predicted molar refractivity (Wildman–Crippen MR) is 117 cm³/mol. The molecule has 2 aromatic rings. The molecule has 1 saturated heterocycles. The number of nitrogens with two attached hydrogens (primary N) is 1. The fourth-order valence-corrected chi connectivity index (χ4v) is 4.64. The lowest BCUT2D eigenvalue weighted by Crippen LogP contribution is -2.44. The maximum Gasteiger partial charge on any atom is 0.175 e. The van der Waals surface area contributed by atoms with Gasteiger partial charge in [-0.05, 0) is 61.7 Å². The van der Waals surface area contributed by atoms with Gasteiger partial charge in [-0.15, -0.1) is 0 Å². The first-order valence-electron chi connectivity index (χ1n) is 10.0. The van der Waals surface area contributed by atoms with Gasteiger partial charge >= 0.3 is 0 Å². The van der Waals surface area contributed by atoms with E-state index in [9.17, 15) is 8.42 Å². The number of benzene rings is 2. The number of rotatable bonds is 3.